The van der Waals surface area contributed by atoms with Gasteiger partial charge in [-0.1, -0.05) is 6.07 Å². The van der Waals surface area contributed by atoms with Crippen LogP contribution in [0.25, 0.3) is 0 Å². The van der Waals surface area contributed by atoms with Gasteiger partial charge in [-0.3, -0.25) is 4.79 Å². The van der Waals surface area contributed by atoms with Crippen LogP contribution in [0.3, 0.4) is 0 Å². The fourth-order valence-electron chi connectivity index (χ4n) is 1.52. The lowest BCUT2D eigenvalue weighted by molar-refractivity contribution is -0.123. The zero-order valence-corrected chi connectivity index (χ0v) is 11.3. The summed E-state index contributed by atoms with van der Waals surface area (Å²) in [6, 6.07) is 4.87. The van der Waals surface area contributed by atoms with E-state index >= 15 is 0 Å². The Balaban J connectivity index is 2.62. The van der Waals surface area contributed by atoms with Gasteiger partial charge < -0.3 is 19.9 Å². The molecule has 20 heavy (non-hydrogen) atoms. The number of aliphatic hydroxyl groups excluding tert-OH is 1. The van der Waals surface area contributed by atoms with Crippen molar-refractivity contribution in [3.05, 3.63) is 23.8 Å². The Bertz CT molecular complexity index is 466. The summed E-state index contributed by atoms with van der Waals surface area (Å²) in [5.74, 6) is -2.90. The van der Waals surface area contributed by atoms with Crippen molar-refractivity contribution in [2.45, 2.75) is 12.3 Å². The van der Waals surface area contributed by atoms with Crippen molar-refractivity contribution in [1.29, 1.82) is 0 Å². The van der Waals surface area contributed by atoms with Crippen molar-refractivity contribution >= 4 is 5.91 Å². The molecule has 2 N–H and O–H groups in total. The lowest BCUT2D eigenvalue weighted by atomic mass is 10.1. The van der Waals surface area contributed by atoms with Gasteiger partial charge in [0, 0.05) is 0 Å². The van der Waals surface area contributed by atoms with Crippen LogP contribution in [0.5, 0.6) is 11.5 Å². The van der Waals surface area contributed by atoms with Gasteiger partial charge in [-0.15, -0.1) is 0 Å². The number of benzene rings is 1. The Kier molecular flexibility index (Phi) is 5.69. The highest BCUT2D eigenvalue weighted by atomic mass is 19.3. The van der Waals surface area contributed by atoms with Crippen LogP contribution in [0, 0.1) is 0 Å². The minimum atomic E-state index is -3.31. The van der Waals surface area contributed by atoms with Gasteiger partial charge in [0.25, 0.3) is 5.92 Å². The predicted molar refractivity (Wildman–Crippen MR) is 68.3 cm³/mol. The van der Waals surface area contributed by atoms with Crippen molar-refractivity contribution < 1.29 is 28.2 Å². The normalized spacial score (nSPS) is 11.1. The molecule has 112 valence electrons. The van der Waals surface area contributed by atoms with Crippen molar-refractivity contribution in [2.75, 3.05) is 27.4 Å². The molecule has 0 spiro atoms. The molecule has 7 heteroatoms. The van der Waals surface area contributed by atoms with Crippen LogP contribution in [0.4, 0.5) is 8.78 Å². The van der Waals surface area contributed by atoms with Gasteiger partial charge in [0.15, 0.2) is 11.5 Å². The van der Waals surface area contributed by atoms with E-state index < -0.39 is 25.0 Å². The topological polar surface area (TPSA) is 67.8 Å². The van der Waals surface area contributed by atoms with E-state index in [4.69, 9.17) is 14.6 Å². The molecule has 0 unspecified atom stereocenters. The van der Waals surface area contributed by atoms with E-state index in [2.05, 4.69) is 5.32 Å². The van der Waals surface area contributed by atoms with E-state index in [0.29, 0.717) is 17.1 Å². The summed E-state index contributed by atoms with van der Waals surface area (Å²) in [6.07, 6.45) is -0.0676. The minimum absolute atomic E-state index is 0.0676. The molecule has 1 aromatic carbocycles. The number of nitrogens with one attached hydrogen (secondary N) is 1. The second-order valence-corrected chi connectivity index (χ2v) is 4.16. The number of halogens is 2. The number of hydrogen-bond acceptors (Lipinski definition) is 4. The number of carbonyl (C=O) groups is 1. The zero-order valence-electron chi connectivity index (χ0n) is 11.3. The molecular formula is C13H17F2NO4. The standard InChI is InChI=1S/C13H17F2NO4/c1-19-10-4-3-9(5-11(10)20-2)6-12(18)16-7-13(14,15)8-17/h3-5,17H,6-8H2,1-2H3,(H,16,18). The molecule has 5 nitrogen and oxygen atoms in total. The SMILES string of the molecule is COc1ccc(CC(=O)NCC(F)(F)CO)cc1OC. The molecule has 0 saturated heterocycles. The molecule has 0 heterocycles. The maximum absolute atomic E-state index is 12.8. The van der Waals surface area contributed by atoms with Gasteiger partial charge in [0.2, 0.25) is 5.91 Å². The fraction of sp³-hybridized carbons (Fsp3) is 0.462. The predicted octanol–water partition coefficient (Wildman–Crippen LogP) is 0.990. The molecule has 1 amide bonds. The summed E-state index contributed by atoms with van der Waals surface area (Å²) < 4.78 is 35.7. The number of methoxy groups -OCH3 is 2. The smallest absolute Gasteiger partial charge is 0.287 e. The van der Waals surface area contributed by atoms with Crippen LogP contribution in [-0.4, -0.2) is 44.3 Å². The first kappa shape index (κ1) is 16.2. The van der Waals surface area contributed by atoms with E-state index in [9.17, 15) is 13.6 Å². The first-order chi connectivity index (χ1) is 9.41. The van der Waals surface area contributed by atoms with Crippen LogP contribution >= 0.6 is 0 Å². The third kappa shape index (κ3) is 4.65. The quantitative estimate of drug-likeness (QED) is 0.785. The number of alkyl halides is 2. The van der Waals surface area contributed by atoms with Gasteiger partial charge in [0.1, 0.15) is 6.61 Å². The number of hydrogen-bond donors (Lipinski definition) is 2. The lowest BCUT2D eigenvalue weighted by Gasteiger charge is -2.14. The first-order valence-corrected chi connectivity index (χ1v) is 5.88. The van der Waals surface area contributed by atoms with E-state index in [0.717, 1.165) is 0 Å². The second kappa shape index (κ2) is 7.04. The Labute approximate surface area is 115 Å². The monoisotopic (exact) mass is 289 g/mol. The highest BCUT2D eigenvalue weighted by molar-refractivity contribution is 5.78. The number of amides is 1. The van der Waals surface area contributed by atoms with Crippen molar-refractivity contribution in [2.24, 2.45) is 0 Å². The van der Waals surface area contributed by atoms with Gasteiger partial charge in [-0.05, 0) is 17.7 Å². The molecule has 0 atom stereocenters. The Morgan fingerprint density at radius 1 is 1.30 bits per heavy atom. The maximum Gasteiger partial charge on any atom is 0.287 e. The molecule has 0 fully saturated rings. The van der Waals surface area contributed by atoms with Crippen LogP contribution in [-0.2, 0) is 11.2 Å². The molecule has 0 bridgehead atoms. The zero-order chi connectivity index (χ0) is 15.2. The molecule has 0 aromatic heterocycles. The number of ether oxygens (including phenoxy) is 2. The van der Waals surface area contributed by atoms with Crippen molar-refractivity contribution in [3.63, 3.8) is 0 Å². The summed E-state index contributed by atoms with van der Waals surface area (Å²) in [6.45, 7) is -2.20. The van der Waals surface area contributed by atoms with Gasteiger partial charge in [0.05, 0.1) is 27.2 Å². The molecule has 0 saturated carbocycles. The third-order valence-corrected chi connectivity index (χ3v) is 2.59. The van der Waals surface area contributed by atoms with E-state index in [-0.39, 0.29) is 6.42 Å². The lowest BCUT2D eigenvalue weighted by Crippen LogP contribution is -2.39. The van der Waals surface area contributed by atoms with Crippen LogP contribution in [0.1, 0.15) is 5.56 Å². The Hall–Kier alpha value is -1.89. The van der Waals surface area contributed by atoms with Crippen LogP contribution in [0.15, 0.2) is 18.2 Å². The molecule has 1 aromatic rings. The Morgan fingerprint density at radius 2 is 1.95 bits per heavy atom. The molecule has 0 aliphatic carbocycles. The molecule has 0 aliphatic rings. The first-order valence-electron chi connectivity index (χ1n) is 5.88. The van der Waals surface area contributed by atoms with Gasteiger partial charge in [-0.2, -0.15) is 0 Å². The molecule has 0 radical (unpaired) electrons. The number of aliphatic hydroxyl groups is 1. The minimum Gasteiger partial charge on any atom is -0.493 e. The highest BCUT2D eigenvalue weighted by Gasteiger charge is 2.28. The summed E-state index contributed by atoms with van der Waals surface area (Å²) >= 11 is 0. The van der Waals surface area contributed by atoms with Crippen LogP contribution in [0.2, 0.25) is 0 Å². The maximum atomic E-state index is 12.8. The number of rotatable bonds is 7. The van der Waals surface area contributed by atoms with E-state index in [1.54, 1.807) is 18.2 Å². The highest BCUT2D eigenvalue weighted by Crippen LogP contribution is 2.27. The van der Waals surface area contributed by atoms with Crippen molar-refractivity contribution in [1.82, 2.24) is 5.32 Å². The molecule has 0 aliphatic heterocycles. The fourth-order valence-corrected chi connectivity index (χ4v) is 1.52. The second-order valence-electron chi connectivity index (χ2n) is 4.16. The molecular weight excluding hydrogens is 272 g/mol. The summed E-state index contributed by atoms with van der Waals surface area (Å²) in [5, 5.41) is 10.5. The van der Waals surface area contributed by atoms with Gasteiger partial charge in [-0.25, -0.2) is 8.78 Å². The summed E-state index contributed by atoms with van der Waals surface area (Å²) in [4.78, 5) is 11.5. The Morgan fingerprint density at radius 3 is 2.50 bits per heavy atom. The van der Waals surface area contributed by atoms with E-state index in [1.165, 1.54) is 14.2 Å². The van der Waals surface area contributed by atoms with Gasteiger partial charge >= 0.3 is 0 Å². The van der Waals surface area contributed by atoms with Crippen molar-refractivity contribution in [3.8, 4) is 11.5 Å². The summed E-state index contributed by atoms with van der Waals surface area (Å²) in [7, 11) is 2.95. The van der Waals surface area contributed by atoms with Crippen LogP contribution < -0.4 is 14.8 Å². The average Bonchev–Trinajstić information content (AvgIpc) is 2.45. The third-order valence-electron chi connectivity index (χ3n) is 2.59. The average molecular weight is 289 g/mol. The van der Waals surface area contributed by atoms with E-state index in [1.807, 2.05) is 0 Å². The number of carbonyl (C=O) groups excluding carboxylic acids is 1. The summed E-state index contributed by atoms with van der Waals surface area (Å²) in [5.41, 5.74) is 0.604. The molecule has 1 rings (SSSR count). The largest absolute Gasteiger partial charge is 0.493 e.